The quantitative estimate of drug-likeness (QED) is 0.482. The highest BCUT2D eigenvalue weighted by atomic mass is 16.5. The van der Waals surface area contributed by atoms with Gasteiger partial charge in [-0.25, -0.2) is 0 Å². The monoisotopic (exact) mass is 328 g/mol. The third-order valence-corrected chi connectivity index (χ3v) is 3.80. The van der Waals surface area contributed by atoms with Gasteiger partial charge >= 0.3 is 0 Å². The Morgan fingerprint density at radius 3 is 2.22 bits per heavy atom. The maximum Gasteiger partial charge on any atom is 0.220 e. The summed E-state index contributed by atoms with van der Waals surface area (Å²) in [4.78, 5) is 23.4. The summed E-state index contributed by atoms with van der Waals surface area (Å²) in [5.74, 6) is 0.453. The van der Waals surface area contributed by atoms with Crippen LogP contribution in [0, 0.1) is 5.92 Å². The van der Waals surface area contributed by atoms with Crippen molar-refractivity contribution in [2.75, 3.05) is 19.7 Å². The molecule has 0 spiro atoms. The third kappa shape index (κ3) is 14.2. The fraction of sp³-hybridized carbons (Fsp3) is 0.889. The number of nitrogens with one attached hydrogen (secondary N) is 2. The Morgan fingerprint density at radius 1 is 1.00 bits per heavy atom. The molecule has 0 aliphatic heterocycles. The van der Waals surface area contributed by atoms with E-state index in [0.29, 0.717) is 19.1 Å². The summed E-state index contributed by atoms with van der Waals surface area (Å²) in [5.41, 5.74) is 0. The number of unbranched alkanes of at least 4 members (excludes halogenated alkanes) is 1. The summed E-state index contributed by atoms with van der Waals surface area (Å²) in [5, 5.41) is 5.76. The Bertz CT molecular complexity index is 319. The molecule has 0 saturated heterocycles. The predicted octanol–water partition coefficient (Wildman–Crippen LogP) is 3.03. The van der Waals surface area contributed by atoms with Gasteiger partial charge in [0.15, 0.2) is 0 Å². The van der Waals surface area contributed by atoms with Gasteiger partial charge in [-0.05, 0) is 32.6 Å². The third-order valence-electron chi connectivity index (χ3n) is 3.80. The lowest BCUT2D eigenvalue weighted by molar-refractivity contribution is -0.126. The van der Waals surface area contributed by atoms with Gasteiger partial charge in [-0.1, -0.05) is 33.1 Å². The predicted molar refractivity (Wildman–Crippen MR) is 94.3 cm³/mol. The highest BCUT2D eigenvalue weighted by molar-refractivity contribution is 5.83. The van der Waals surface area contributed by atoms with E-state index in [1.165, 1.54) is 12.8 Å². The minimum atomic E-state index is -0.0669. The van der Waals surface area contributed by atoms with E-state index in [9.17, 15) is 9.59 Å². The fourth-order valence-corrected chi connectivity index (χ4v) is 2.22. The summed E-state index contributed by atoms with van der Waals surface area (Å²) in [6, 6.07) is 0. The zero-order chi connectivity index (χ0) is 17.5. The topological polar surface area (TPSA) is 67.4 Å². The van der Waals surface area contributed by atoms with Crippen LogP contribution >= 0.6 is 0 Å². The molecule has 2 N–H and O–H groups in total. The Balaban J connectivity index is 3.65. The average Bonchev–Trinajstić information content (AvgIpc) is 2.52. The number of ether oxygens (including phenoxy) is 1. The van der Waals surface area contributed by atoms with Gasteiger partial charge in [0.05, 0.1) is 6.10 Å². The van der Waals surface area contributed by atoms with Crippen molar-refractivity contribution < 1.29 is 14.3 Å². The molecule has 0 aromatic carbocycles. The molecule has 2 amide bonds. The molecule has 0 bridgehead atoms. The Morgan fingerprint density at radius 2 is 1.65 bits per heavy atom. The first-order valence-electron chi connectivity index (χ1n) is 9.14. The van der Waals surface area contributed by atoms with Crippen molar-refractivity contribution in [3.05, 3.63) is 0 Å². The number of carbonyl (C=O) groups excluding carboxylic acids is 2. The number of rotatable bonds is 14. The molecule has 0 aromatic rings. The molecular weight excluding hydrogens is 292 g/mol. The first kappa shape index (κ1) is 21.9. The van der Waals surface area contributed by atoms with Crippen LogP contribution in [0.2, 0.25) is 0 Å². The van der Waals surface area contributed by atoms with Gasteiger partial charge < -0.3 is 15.4 Å². The lowest BCUT2D eigenvalue weighted by Gasteiger charge is -2.15. The molecule has 0 radical (unpaired) electrons. The number of carbonyl (C=O) groups is 2. The molecule has 1 atom stereocenters. The summed E-state index contributed by atoms with van der Waals surface area (Å²) < 4.78 is 5.40. The first-order chi connectivity index (χ1) is 11.0. The summed E-state index contributed by atoms with van der Waals surface area (Å²) >= 11 is 0. The van der Waals surface area contributed by atoms with E-state index >= 15 is 0 Å². The van der Waals surface area contributed by atoms with Crippen molar-refractivity contribution in [3.63, 3.8) is 0 Å². The minimum absolute atomic E-state index is 0.0294. The van der Waals surface area contributed by atoms with Gasteiger partial charge in [0.1, 0.15) is 0 Å². The molecule has 136 valence electrons. The van der Waals surface area contributed by atoms with E-state index in [0.717, 1.165) is 25.8 Å². The van der Waals surface area contributed by atoms with Crippen LogP contribution in [0.1, 0.15) is 72.6 Å². The van der Waals surface area contributed by atoms with Crippen LogP contribution in [0.15, 0.2) is 0 Å². The van der Waals surface area contributed by atoms with Crippen molar-refractivity contribution in [1.82, 2.24) is 10.6 Å². The zero-order valence-corrected chi connectivity index (χ0v) is 15.5. The van der Waals surface area contributed by atoms with E-state index < -0.39 is 0 Å². The molecule has 0 aromatic heterocycles. The molecule has 5 heteroatoms. The molecule has 5 nitrogen and oxygen atoms in total. The Labute approximate surface area is 141 Å². The van der Waals surface area contributed by atoms with Crippen LogP contribution in [0.25, 0.3) is 0 Å². The van der Waals surface area contributed by atoms with Crippen molar-refractivity contribution in [1.29, 1.82) is 0 Å². The summed E-state index contributed by atoms with van der Waals surface area (Å²) in [6.45, 7) is 10.3. The maximum absolute atomic E-state index is 11.8. The number of hydrogen-bond acceptors (Lipinski definition) is 3. The fourth-order valence-electron chi connectivity index (χ4n) is 2.22. The first-order valence-corrected chi connectivity index (χ1v) is 9.14. The summed E-state index contributed by atoms with van der Waals surface area (Å²) in [6.07, 6.45) is 6.17. The average molecular weight is 328 g/mol. The largest absolute Gasteiger partial charge is 0.379 e. The van der Waals surface area contributed by atoms with Crippen LogP contribution in [0.4, 0.5) is 0 Å². The summed E-state index contributed by atoms with van der Waals surface area (Å²) in [7, 11) is 0. The molecule has 0 aliphatic carbocycles. The van der Waals surface area contributed by atoms with Crippen LogP contribution in [0.5, 0.6) is 0 Å². The molecule has 0 rings (SSSR count). The number of hydrogen-bond donors (Lipinski definition) is 2. The van der Waals surface area contributed by atoms with Crippen LogP contribution in [0.3, 0.4) is 0 Å². The van der Waals surface area contributed by atoms with Crippen LogP contribution < -0.4 is 10.6 Å². The molecule has 0 fully saturated rings. The second-order valence-electron chi connectivity index (χ2n) is 6.34. The van der Waals surface area contributed by atoms with Gasteiger partial charge in [0.2, 0.25) is 11.8 Å². The Hall–Kier alpha value is -1.10. The van der Waals surface area contributed by atoms with Crippen molar-refractivity contribution in [3.8, 4) is 0 Å². The second-order valence-corrected chi connectivity index (χ2v) is 6.34. The van der Waals surface area contributed by atoms with E-state index in [4.69, 9.17) is 4.74 Å². The van der Waals surface area contributed by atoms with E-state index in [2.05, 4.69) is 24.5 Å². The van der Waals surface area contributed by atoms with E-state index in [1.54, 1.807) is 0 Å². The van der Waals surface area contributed by atoms with Crippen molar-refractivity contribution >= 4 is 11.8 Å². The van der Waals surface area contributed by atoms with Crippen LogP contribution in [-0.2, 0) is 14.3 Å². The van der Waals surface area contributed by atoms with Gasteiger partial charge in [0.25, 0.3) is 0 Å². The highest BCUT2D eigenvalue weighted by Crippen LogP contribution is 2.11. The lowest BCUT2D eigenvalue weighted by Crippen LogP contribution is -2.31. The van der Waals surface area contributed by atoms with Crippen LogP contribution in [-0.4, -0.2) is 37.6 Å². The van der Waals surface area contributed by atoms with Crippen molar-refractivity contribution in [2.45, 2.75) is 78.7 Å². The zero-order valence-electron chi connectivity index (χ0n) is 15.5. The van der Waals surface area contributed by atoms with Gasteiger partial charge in [-0.15, -0.1) is 0 Å². The molecule has 0 aliphatic rings. The lowest BCUT2D eigenvalue weighted by atomic mass is 9.99. The molecule has 23 heavy (non-hydrogen) atoms. The van der Waals surface area contributed by atoms with Gasteiger partial charge in [0, 0.05) is 32.5 Å². The highest BCUT2D eigenvalue weighted by Gasteiger charge is 2.10. The van der Waals surface area contributed by atoms with E-state index in [1.807, 2.05) is 13.8 Å². The standard InChI is InChI=1S/C18H36N2O3/c1-5-7-9-16(6-2)14-20-18(22)11-10-17(21)19-12-8-13-23-15(3)4/h15-16H,5-14H2,1-4H3,(H,19,21)(H,20,22)/t16-/m0/s1. The molecular formula is C18H36N2O3. The van der Waals surface area contributed by atoms with Gasteiger partial charge in [-0.2, -0.15) is 0 Å². The van der Waals surface area contributed by atoms with Crippen molar-refractivity contribution in [2.24, 2.45) is 5.92 Å². The minimum Gasteiger partial charge on any atom is -0.379 e. The molecule has 0 heterocycles. The van der Waals surface area contributed by atoms with Gasteiger partial charge in [-0.3, -0.25) is 9.59 Å². The molecule has 0 saturated carbocycles. The normalized spacial score (nSPS) is 12.2. The maximum atomic E-state index is 11.8. The second kappa shape index (κ2) is 14.5. The SMILES string of the molecule is CCCC[C@H](CC)CNC(=O)CCC(=O)NCCCOC(C)C. The molecule has 0 unspecified atom stereocenters. The Kier molecular flexibility index (Phi) is 13.8. The van der Waals surface area contributed by atoms with E-state index in [-0.39, 0.29) is 30.8 Å². The smallest absolute Gasteiger partial charge is 0.220 e. The number of amides is 2.